The van der Waals surface area contributed by atoms with Crippen LogP contribution >= 0.6 is 0 Å². The van der Waals surface area contributed by atoms with Crippen LogP contribution in [0.2, 0.25) is 0 Å². The largest absolute Gasteiger partial charge is 0.344 e. The van der Waals surface area contributed by atoms with Crippen molar-refractivity contribution in [2.45, 2.75) is 25.3 Å². The zero-order chi connectivity index (χ0) is 14.1. The molecule has 0 bridgehead atoms. The van der Waals surface area contributed by atoms with E-state index in [4.69, 9.17) is 4.52 Å². The van der Waals surface area contributed by atoms with Crippen LogP contribution in [0.5, 0.6) is 0 Å². The molecule has 0 atom stereocenters. The summed E-state index contributed by atoms with van der Waals surface area (Å²) in [6, 6.07) is 1.80. The molecule has 1 aliphatic carbocycles. The van der Waals surface area contributed by atoms with Crippen LogP contribution in [-0.2, 0) is 6.54 Å². The van der Waals surface area contributed by atoms with Crippen LogP contribution in [0.3, 0.4) is 0 Å². The molecule has 8 nitrogen and oxygen atoms in total. The minimum absolute atomic E-state index is 0.186. The Morgan fingerprint density at radius 1 is 1.55 bits per heavy atom. The van der Waals surface area contributed by atoms with E-state index < -0.39 is 0 Å². The van der Waals surface area contributed by atoms with Crippen molar-refractivity contribution >= 4 is 11.9 Å². The molecule has 8 heteroatoms. The number of H-pyrrole nitrogens is 1. The highest BCUT2D eigenvalue weighted by atomic mass is 16.5. The van der Waals surface area contributed by atoms with Gasteiger partial charge in [0.2, 0.25) is 5.89 Å². The van der Waals surface area contributed by atoms with Gasteiger partial charge in [-0.1, -0.05) is 0 Å². The van der Waals surface area contributed by atoms with Crippen LogP contribution in [-0.4, -0.2) is 40.3 Å². The third kappa shape index (κ3) is 2.63. The maximum Gasteiger partial charge on any atom is 0.272 e. The average Bonchev–Trinajstić information content (AvgIpc) is 2.98. The third-order valence-corrected chi connectivity index (χ3v) is 3.11. The fraction of sp³-hybridized carbons (Fsp3) is 0.500. The van der Waals surface area contributed by atoms with Gasteiger partial charge in [-0.05, 0) is 24.1 Å². The van der Waals surface area contributed by atoms with Gasteiger partial charge in [0, 0.05) is 25.7 Å². The van der Waals surface area contributed by atoms with Crippen molar-refractivity contribution < 1.29 is 9.32 Å². The molecular weight excluding hydrogens is 260 g/mol. The lowest BCUT2D eigenvalue weighted by Crippen LogP contribution is -2.23. The molecule has 1 fully saturated rings. The van der Waals surface area contributed by atoms with Crippen molar-refractivity contribution in [2.24, 2.45) is 0 Å². The second kappa shape index (κ2) is 4.95. The first kappa shape index (κ1) is 12.6. The standard InChI is InChI=1S/C12H16N6O2/c1-18(2)12-14-10(20-17-12)6-13-11(19)9-5-8(15-16-9)7-3-4-7/h5,7H,3-4,6H2,1-2H3,(H,13,19)(H,15,16). The van der Waals surface area contributed by atoms with Crippen LogP contribution < -0.4 is 10.2 Å². The summed E-state index contributed by atoms with van der Waals surface area (Å²) in [7, 11) is 3.63. The predicted molar refractivity (Wildman–Crippen MR) is 70.4 cm³/mol. The zero-order valence-electron chi connectivity index (χ0n) is 11.4. The summed E-state index contributed by atoms with van der Waals surface area (Å²) < 4.78 is 5.02. The number of rotatable bonds is 5. The summed E-state index contributed by atoms with van der Waals surface area (Å²) in [6.45, 7) is 0.186. The van der Waals surface area contributed by atoms with Gasteiger partial charge in [-0.25, -0.2) is 0 Å². The van der Waals surface area contributed by atoms with E-state index in [1.807, 2.05) is 14.1 Å². The number of aromatic amines is 1. The maximum absolute atomic E-state index is 11.9. The third-order valence-electron chi connectivity index (χ3n) is 3.11. The van der Waals surface area contributed by atoms with Gasteiger partial charge in [0.15, 0.2) is 0 Å². The monoisotopic (exact) mass is 276 g/mol. The van der Waals surface area contributed by atoms with E-state index in [0.29, 0.717) is 23.5 Å². The summed E-state index contributed by atoms with van der Waals surface area (Å²) in [5, 5.41) is 13.4. The second-order valence-electron chi connectivity index (χ2n) is 5.05. The molecule has 0 radical (unpaired) electrons. The van der Waals surface area contributed by atoms with Crippen LogP contribution in [0, 0.1) is 0 Å². The highest BCUT2D eigenvalue weighted by molar-refractivity contribution is 5.92. The van der Waals surface area contributed by atoms with Crippen LogP contribution in [0.25, 0.3) is 0 Å². The number of nitrogens with zero attached hydrogens (tertiary/aromatic N) is 4. The molecule has 1 amide bonds. The predicted octanol–water partition coefficient (Wildman–Crippen LogP) is 0.666. The number of carbonyl (C=O) groups is 1. The molecule has 2 N–H and O–H groups in total. The van der Waals surface area contributed by atoms with Crippen LogP contribution in [0.1, 0.15) is 40.8 Å². The van der Waals surface area contributed by atoms with Gasteiger partial charge < -0.3 is 14.7 Å². The first-order valence-corrected chi connectivity index (χ1v) is 6.47. The summed E-state index contributed by atoms with van der Waals surface area (Å²) in [5.74, 6) is 1.13. The summed E-state index contributed by atoms with van der Waals surface area (Å²) >= 11 is 0. The number of nitrogens with one attached hydrogen (secondary N) is 2. The highest BCUT2D eigenvalue weighted by Gasteiger charge is 2.26. The number of carbonyl (C=O) groups excluding carboxylic acids is 1. The Kier molecular flexibility index (Phi) is 3.13. The fourth-order valence-electron chi connectivity index (χ4n) is 1.80. The number of amides is 1. The lowest BCUT2D eigenvalue weighted by Gasteiger charge is -2.02. The van der Waals surface area contributed by atoms with E-state index in [2.05, 4.69) is 25.7 Å². The van der Waals surface area contributed by atoms with Gasteiger partial charge in [0.05, 0.1) is 6.54 Å². The molecule has 1 aliphatic rings. The first-order valence-electron chi connectivity index (χ1n) is 6.47. The Hall–Kier alpha value is -2.38. The van der Waals surface area contributed by atoms with E-state index in [0.717, 1.165) is 5.69 Å². The smallest absolute Gasteiger partial charge is 0.272 e. The van der Waals surface area contributed by atoms with Gasteiger partial charge in [0.25, 0.3) is 11.9 Å². The second-order valence-corrected chi connectivity index (χ2v) is 5.05. The zero-order valence-corrected chi connectivity index (χ0v) is 11.4. The van der Waals surface area contributed by atoms with Gasteiger partial charge in [0.1, 0.15) is 5.69 Å². The number of aromatic nitrogens is 4. The van der Waals surface area contributed by atoms with Gasteiger partial charge in [-0.15, -0.1) is 0 Å². The van der Waals surface area contributed by atoms with Crippen molar-refractivity contribution in [3.63, 3.8) is 0 Å². The van der Waals surface area contributed by atoms with Crippen LogP contribution in [0.4, 0.5) is 5.95 Å². The SMILES string of the molecule is CN(C)c1noc(CNC(=O)c2cc(C3CC3)[nH]n2)n1. The Balaban J connectivity index is 1.57. The Labute approximate surface area is 115 Å². The maximum atomic E-state index is 11.9. The molecular formula is C12H16N6O2. The number of hydrogen-bond acceptors (Lipinski definition) is 6. The summed E-state index contributed by atoms with van der Waals surface area (Å²) in [6.07, 6.45) is 2.33. The minimum Gasteiger partial charge on any atom is -0.344 e. The van der Waals surface area contributed by atoms with Crippen molar-refractivity contribution in [2.75, 3.05) is 19.0 Å². The topological polar surface area (TPSA) is 99.9 Å². The molecule has 2 heterocycles. The fourth-order valence-corrected chi connectivity index (χ4v) is 1.80. The van der Waals surface area contributed by atoms with Crippen molar-refractivity contribution in [3.8, 4) is 0 Å². The van der Waals surface area contributed by atoms with E-state index in [1.165, 1.54) is 12.8 Å². The van der Waals surface area contributed by atoms with Crippen molar-refractivity contribution in [3.05, 3.63) is 23.3 Å². The average molecular weight is 276 g/mol. The van der Waals surface area contributed by atoms with Gasteiger partial charge >= 0.3 is 0 Å². The number of anilines is 1. The normalized spacial score (nSPS) is 14.3. The lowest BCUT2D eigenvalue weighted by molar-refractivity contribution is 0.0941. The molecule has 2 aromatic heterocycles. The molecule has 3 rings (SSSR count). The van der Waals surface area contributed by atoms with E-state index in [1.54, 1.807) is 11.0 Å². The molecule has 1 saturated carbocycles. The van der Waals surface area contributed by atoms with Crippen molar-refractivity contribution in [1.82, 2.24) is 25.7 Å². The quantitative estimate of drug-likeness (QED) is 0.832. The first-order chi connectivity index (χ1) is 9.63. The molecule has 0 spiro atoms. The Morgan fingerprint density at radius 2 is 2.35 bits per heavy atom. The molecule has 0 unspecified atom stereocenters. The summed E-state index contributed by atoms with van der Waals surface area (Å²) in [5.41, 5.74) is 1.42. The Bertz CT molecular complexity index is 613. The highest BCUT2D eigenvalue weighted by Crippen LogP contribution is 2.38. The minimum atomic E-state index is -0.252. The molecule has 20 heavy (non-hydrogen) atoms. The van der Waals surface area contributed by atoms with E-state index in [-0.39, 0.29) is 12.5 Å². The molecule has 0 aliphatic heterocycles. The molecule has 0 saturated heterocycles. The molecule has 2 aromatic rings. The van der Waals surface area contributed by atoms with E-state index >= 15 is 0 Å². The van der Waals surface area contributed by atoms with Crippen LogP contribution in [0.15, 0.2) is 10.6 Å². The van der Waals surface area contributed by atoms with E-state index in [9.17, 15) is 4.79 Å². The van der Waals surface area contributed by atoms with Gasteiger partial charge in [-0.2, -0.15) is 10.1 Å². The lowest BCUT2D eigenvalue weighted by atomic mass is 10.2. The number of hydrogen-bond donors (Lipinski definition) is 2. The summed E-state index contributed by atoms with van der Waals surface area (Å²) in [4.78, 5) is 17.8. The van der Waals surface area contributed by atoms with Gasteiger partial charge in [-0.3, -0.25) is 9.89 Å². The van der Waals surface area contributed by atoms with Crippen molar-refractivity contribution in [1.29, 1.82) is 0 Å². The Morgan fingerprint density at radius 3 is 3.00 bits per heavy atom. The molecule has 0 aromatic carbocycles. The molecule has 106 valence electrons.